The van der Waals surface area contributed by atoms with Gasteiger partial charge < -0.3 is 19.0 Å². The van der Waals surface area contributed by atoms with Gasteiger partial charge in [0, 0.05) is 5.56 Å². The van der Waals surface area contributed by atoms with Crippen LogP contribution in [0.25, 0.3) is 22.2 Å². The highest BCUT2D eigenvalue weighted by atomic mass is 16.5. The van der Waals surface area contributed by atoms with E-state index in [2.05, 4.69) is 10.5 Å². The van der Waals surface area contributed by atoms with Gasteiger partial charge in [-0.3, -0.25) is 4.79 Å². The minimum atomic E-state index is -0.604. The van der Waals surface area contributed by atoms with E-state index in [4.69, 9.17) is 13.7 Å². The second kappa shape index (κ2) is 8.02. The molecular formula is C22H18N2O5. The van der Waals surface area contributed by atoms with Gasteiger partial charge in [0.2, 0.25) is 0 Å². The summed E-state index contributed by atoms with van der Waals surface area (Å²) in [5.41, 5.74) is 1.79. The van der Waals surface area contributed by atoms with E-state index in [1.165, 1.54) is 6.26 Å². The highest BCUT2D eigenvalue weighted by Gasteiger charge is 2.17. The fraction of sp³-hybridized carbons (Fsp3) is 0.136. The van der Waals surface area contributed by atoms with E-state index in [1.807, 2.05) is 30.3 Å². The van der Waals surface area contributed by atoms with Gasteiger partial charge in [-0.1, -0.05) is 35.5 Å². The third-order valence-electron chi connectivity index (χ3n) is 4.43. The summed E-state index contributed by atoms with van der Waals surface area (Å²) in [4.78, 5) is 24.4. The molecule has 2 heterocycles. The Morgan fingerprint density at radius 3 is 2.69 bits per heavy atom. The van der Waals surface area contributed by atoms with Crippen molar-refractivity contribution in [1.29, 1.82) is 0 Å². The van der Waals surface area contributed by atoms with Gasteiger partial charge in [0.15, 0.2) is 12.4 Å². The molecule has 0 aliphatic carbocycles. The van der Waals surface area contributed by atoms with Crippen LogP contribution in [-0.4, -0.2) is 23.6 Å². The minimum absolute atomic E-state index is 0.310. The molecular weight excluding hydrogens is 372 g/mol. The molecule has 0 fully saturated rings. The molecule has 1 N–H and O–H groups in total. The number of nitrogens with zero attached hydrogens (tertiary/aromatic N) is 1. The molecule has 0 saturated carbocycles. The highest BCUT2D eigenvalue weighted by Crippen LogP contribution is 2.29. The number of hydrogen-bond donors (Lipinski definition) is 1. The Bertz CT molecular complexity index is 1130. The summed E-state index contributed by atoms with van der Waals surface area (Å²) in [5, 5.41) is 7.43. The zero-order valence-electron chi connectivity index (χ0n) is 15.6. The average Bonchev–Trinajstić information content (AvgIpc) is 3.42. The highest BCUT2D eigenvalue weighted by molar-refractivity contribution is 5.99. The van der Waals surface area contributed by atoms with E-state index in [1.54, 1.807) is 37.3 Å². The Hall–Kier alpha value is -3.87. The fourth-order valence-corrected chi connectivity index (χ4v) is 2.97. The molecule has 0 bridgehead atoms. The van der Waals surface area contributed by atoms with Crippen molar-refractivity contribution in [1.82, 2.24) is 10.5 Å². The lowest BCUT2D eigenvalue weighted by Gasteiger charge is -2.11. The zero-order chi connectivity index (χ0) is 20.2. The lowest BCUT2D eigenvalue weighted by atomic mass is 10.1. The number of ether oxygens (including phenoxy) is 1. The van der Waals surface area contributed by atoms with Crippen molar-refractivity contribution in [2.45, 2.75) is 13.0 Å². The maximum atomic E-state index is 12.4. The maximum absolute atomic E-state index is 12.4. The number of fused-ring (bicyclic) bond motifs is 1. The minimum Gasteiger partial charge on any atom is -0.467 e. The van der Waals surface area contributed by atoms with Crippen molar-refractivity contribution in [3.05, 3.63) is 78.3 Å². The first-order chi connectivity index (χ1) is 14.1. The summed E-state index contributed by atoms with van der Waals surface area (Å²) in [6, 6.07) is 17.6. The smallest absolute Gasteiger partial charge is 0.338 e. The van der Waals surface area contributed by atoms with Crippen LogP contribution in [0, 0.1) is 0 Å². The van der Waals surface area contributed by atoms with E-state index in [0.717, 1.165) is 5.56 Å². The molecule has 4 rings (SSSR count). The number of carbonyl (C=O) groups is 2. The normalized spacial score (nSPS) is 11.9. The lowest BCUT2D eigenvalue weighted by Crippen LogP contribution is -2.30. The number of benzene rings is 2. The second-order valence-electron chi connectivity index (χ2n) is 6.49. The van der Waals surface area contributed by atoms with Gasteiger partial charge in [-0.05, 0) is 37.3 Å². The second-order valence-corrected chi connectivity index (χ2v) is 6.49. The van der Waals surface area contributed by atoms with Crippen molar-refractivity contribution in [3.8, 4) is 11.3 Å². The van der Waals surface area contributed by atoms with Crippen LogP contribution < -0.4 is 5.32 Å². The number of rotatable bonds is 6. The predicted molar refractivity (Wildman–Crippen MR) is 105 cm³/mol. The van der Waals surface area contributed by atoms with Gasteiger partial charge in [-0.15, -0.1) is 0 Å². The number of nitrogens with one attached hydrogen (secondary N) is 1. The summed E-state index contributed by atoms with van der Waals surface area (Å²) in [5.74, 6) is 0.169. The van der Waals surface area contributed by atoms with E-state index < -0.39 is 18.5 Å². The van der Waals surface area contributed by atoms with Crippen LogP contribution in [-0.2, 0) is 9.53 Å². The Balaban J connectivity index is 1.44. The first-order valence-corrected chi connectivity index (χ1v) is 9.06. The predicted octanol–water partition coefficient (Wildman–Crippen LogP) is 4.12. The largest absolute Gasteiger partial charge is 0.467 e. The van der Waals surface area contributed by atoms with E-state index in [0.29, 0.717) is 28.0 Å². The van der Waals surface area contributed by atoms with Gasteiger partial charge in [0.25, 0.3) is 5.91 Å². The Labute approximate surface area is 166 Å². The van der Waals surface area contributed by atoms with Crippen LogP contribution in [0.1, 0.15) is 29.1 Å². The first kappa shape index (κ1) is 18.5. The molecule has 2 aromatic heterocycles. The standard InChI is InChI=1S/C22H18N2O5/c1-14(19-8-5-11-27-19)23-20(25)13-28-22(26)16-9-10-18-17(12-16)21(29-24-18)15-6-3-2-4-7-15/h2-12,14H,13H2,1H3,(H,23,25)/t14-/m1/s1. The van der Waals surface area contributed by atoms with E-state index in [-0.39, 0.29) is 6.04 Å². The number of hydrogen-bond acceptors (Lipinski definition) is 6. The van der Waals surface area contributed by atoms with Crippen molar-refractivity contribution in [2.75, 3.05) is 6.61 Å². The lowest BCUT2D eigenvalue weighted by molar-refractivity contribution is -0.125. The molecule has 7 nitrogen and oxygen atoms in total. The zero-order valence-corrected chi connectivity index (χ0v) is 15.6. The van der Waals surface area contributed by atoms with Gasteiger partial charge in [0.1, 0.15) is 11.3 Å². The SMILES string of the molecule is C[C@@H](NC(=O)COC(=O)c1ccc2noc(-c3ccccc3)c2c1)c1ccco1. The van der Waals surface area contributed by atoms with Gasteiger partial charge >= 0.3 is 5.97 Å². The molecule has 2 aromatic carbocycles. The van der Waals surface area contributed by atoms with Crippen molar-refractivity contribution in [2.24, 2.45) is 0 Å². The average molecular weight is 390 g/mol. The van der Waals surface area contributed by atoms with Gasteiger partial charge in [0.05, 0.1) is 23.3 Å². The molecule has 146 valence electrons. The molecule has 29 heavy (non-hydrogen) atoms. The van der Waals surface area contributed by atoms with Crippen molar-refractivity contribution < 1.29 is 23.3 Å². The van der Waals surface area contributed by atoms with Crippen LogP contribution in [0.5, 0.6) is 0 Å². The Morgan fingerprint density at radius 2 is 1.93 bits per heavy atom. The van der Waals surface area contributed by atoms with Crippen LogP contribution in [0.2, 0.25) is 0 Å². The summed E-state index contributed by atoms with van der Waals surface area (Å²) >= 11 is 0. The van der Waals surface area contributed by atoms with Crippen LogP contribution in [0.4, 0.5) is 0 Å². The number of carbonyl (C=O) groups excluding carboxylic acids is 2. The maximum Gasteiger partial charge on any atom is 0.338 e. The molecule has 0 radical (unpaired) electrons. The summed E-state index contributed by atoms with van der Waals surface area (Å²) in [6.07, 6.45) is 1.53. The van der Waals surface area contributed by atoms with Gasteiger partial charge in [-0.2, -0.15) is 0 Å². The number of amides is 1. The molecule has 1 amide bonds. The molecule has 0 saturated heterocycles. The topological polar surface area (TPSA) is 94.6 Å². The molecule has 0 unspecified atom stereocenters. The summed E-state index contributed by atoms with van der Waals surface area (Å²) in [7, 11) is 0. The summed E-state index contributed by atoms with van der Waals surface area (Å²) in [6.45, 7) is 1.39. The molecule has 7 heteroatoms. The number of furan rings is 1. The molecule has 0 aliphatic rings. The molecule has 4 aromatic rings. The fourth-order valence-electron chi connectivity index (χ4n) is 2.97. The van der Waals surface area contributed by atoms with Crippen molar-refractivity contribution >= 4 is 22.8 Å². The molecule has 0 spiro atoms. The van der Waals surface area contributed by atoms with E-state index in [9.17, 15) is 9.59 Å². The van der Waals surface area contributed by atoms with Crippen LogP contribution in [0.15, 0.2) is 75.9 Å². The number of esters is 1. The van der Waals surface area contributed by atoms with Crippen LogP contribution >= 0.6 is 0 Å². The molecule has 1 atom stereocenters. The Morgan fingerprint density at radius 1 is 1.10 bits per heavy atom. The van der Waals surface area contributed by atoms with E-state index >= 15 is 0 Å². The van der Waals surface area contributed by atoms with Gasteiger partial charge in [-0.25, -0.2) is 4.79 Å². The third kappa shape index (κ3) is 4.03. The quantitative estimate of drug-likeness (QED) is 0.498. The number of aromatic nitrogens is 1. The Kier molecular flexibility index (Phi) is 5.11. The third-order valence-corrected chi connectivity index (χ3v) is 4.43. The van der Waals surface area contributed by atoms with Crippen LogP contribution in [0.3, 0.4) is 0 Å². The first-order valence-electron chi connectivity index (χ1n) is 9.06. The molecule has 0 aliphatic heterocycles. The summed E-state index contributed by atoms with van der Waals surface area (Å²) < 4.78 is 15.8. The van der Waals surface area contributed by atoms with Crippen molar-refractivity contribution in [3.63, 3.8) is 0 Å². The monoisotopic (exact) mass is 390 g/mol.